The molecule has 0 aliphatic rings. The normalized spacial score (nSPS) is 12.7. The fourth-order valence-corrected chi connectivity index (χ4v) is 3.19. The Bertz CT molecular complexity index is 811. The van der Waals surface area contributed by atoms with Crippen LogP contribution in [0.3, 0.4) is 0 Å². The summed E-state index contributed by atoms with van der Waals surface area (Å²) in [5, 5.41) is 0. The second-order valence-corrected chi connectivity index (χ2v) is 7.20. The number of hydrogen-bond acceptors (Lipinski definition) is 3. The molecule has 0 fully saturated rings. The molecule has 0 aliphatic heterocycles. The molecule has 1 atom stereocenters. The van der Waals surface area contributed by atoms with Gasteiger partial charge in [-0.05, 0) is 61.6 Å². The van der Waals surface area contributed by atoms with E-state index in [9.17, 15) is 18.0 Å². The molecule has 0 bridgehead atoms. The van der Waals surface area contributed by atoms with E-state index in [2.05, 4.69) is 0 Å². The van der Waals surface area contributed by atoms with Crippen molar-refractivity contribution in [1.82, 2.24) is 0 Å². The van der Waals surface area contributed by atoms with E-state index in [0.29, 0.717) is 29.9 Å². The Labute approximate surface area is 169 Å². The molecule has 0 spiro atoms. The van der Waals surface area contributed by atoms with E-state index in [1.54, 1.807) is 13.0 Å². The van der Waals surface area contributed by atoms with Gasteiger partial charge in [0.1, 0.15) is 5.75 Å². The summed E-state index contributed by atoms with van der Waals surface area (Å²) in [4.78, 5) is 12.5. The number of esters is 1. The summed E-state index contributed by atoms with van der Waals surface area (Å²) in [5.74, 6) is 0.0798. The molecule has 0 aliphatic carbocycles. The third kappa shape index (κ3) is 5.99. The van der Waals surface area contributed by atoms with Crippen LogP contribution in [0.4, 0.5) is 13.2 Å². The number of ether oxygens (including phenoxy) is 2. The summed E-state index contributed by atoms with van der Waals surface area (Å²) in [7, 11) is 0. The fraction of sp³-hybridized carbons (Fsp3) is 0.435. The van der Waals surface area contributed by atoms with Crippen LogP contribution in [-0.2, 0) is 15.7 Å². The quantitative estimate of drug-likeness (QED) is 0.470. The third-order valence-corrected chi connectivity index (χ3v) is 4.51. The standard InChI is InChI=1S/C23H27F3O3/c1-5-28-21-12-9-17(20(13-15(3)4)22(27)29-6-2)14-19(21)16-7-10-18(11-8-16)23(24,25)26/h7-12,14-15,20H,5-6,13H2,1-4H3. The summed E-state index contributed by atoms with van der Waals surface area (Å²) in [6.07, 6.45) is -3.78. The highest BCUT2D eigenvalue weighted by Gasteiger charge is 2.30. The van der Waals surface area contributed by atoms with Crippen molar-refractivity contribution in [2.24, 2.45) is 5.92 Å². The van der Waals surface area contributed by atoms with Crippen LogP contribution in [0.25, 0.3) is 11.1 Å². The highest BCUT2D eigenvalue weighted by molar-refractivity contribution is 5.80. The Morgan fingerprint density at radius 2 is 1.66 bits per heavy atom. The van der Waals surface area contributed by atoms with Crippen LogP contribution in [0.2, 0.25) is 0 Å². The fourth-order valence-electron chi connectivity index (χ4n) is 3.19. The van der Waals surface area contributed by atoms with Gasteiger partial charge < -0.3 is 9.47 Å². The van der Waals surface area contributed by atoms with Crippen molar-refractivity contribution in [2.45, 2.75) is 46.2 Å². The minimum atomic E-state index is -4.39. The first-order chi connectivity index (χ1) is 13.7. The van der Waals surface area contributed by atoms with E-state index in [1.807, 2.05) is 32.9 Å². The number of hydrogen-bond donors (Lipinski definition) is 0. The lowest BCUT2D eigenvalue weighted by molar-refractivity contribution is -0.145. The largest absolute Gasteiger partial charge is 0.493 e. The number of benzene rings is 2. The highest BCUT2D eigenvalue weighted by Crippen LogP contribution is 2.37. The molecule has 2 aromatic rings. The average Bonchev–Trinajstić information content (AvgIpc) is 2.66. The van der Waals surface area contributed by atoms with E-state index < -0.39 is 17.7 Å². The SMILES string of the molecule is CCOC(=O)C(CC(C)C)c1ccc(OCC)c(-c2ccc(C(F)(F)F)cc2)c1. The van der Waals surface area contributed by atoms with Crippen molar-refractivity contribution in [3.05, 3.63) is 53.6 Å². The first-order valence-electron chi connectivity index (χ1n) is 9.78. The second kappa shape index (κ2) is 9.81. The van der Waals surface area contributed by atoms with Crippen molar-refractivity contribution < 1.29 is 27.4 Å². The Hall–Kier alpha value is -2.50. The molecule has 2 aromatic carbocycles. The second-order valence-electron chi connectivity index (χ2n) is 7.20. The van der Waals surface area contributed by atoms with Crippen LogP contribution in [0.15, 0.2) is 42.5 Å². The monoisotopic (exact) mass is 408 g/mol. The predicted octanol–water partition coefficient (Wildman–Crippen LogP) is 6.46. The Kier molecular flexibility index (Phi) is 7.71. The summed E-state index contributed by atoms with van der Waals surface area (Å²) in [6.45, 7) is 8.35. The van der Waals surface area contributed by atoms with Crippen LogP contribution in [0.5, 0.6) is 5.75 Å². The number of carbonyl (C=O) groups excluding carboxylic acids is 1. The van der Waals surface area contributed by atoms with Gasteiger partial charge in [0.15, 0.2) is 0 Å². The molecular formula is C23H27F3O3. The lowest BCUT2D eigenvalue weighted by atomic mass is 9.88. The molecule has 0 N–H and O–H groups in total. The highest BCUT2D eigenvalue weighted by atomic mass is 19.4. The predicted molar refractivity (Wildman–Crippen MR) is 107 cm³/mol. The van der Waals surface area contributed by atoms with Gasteiger partial charge in [0.2, 0.25) is 0 Å². The average molecular weight is 408 g/mol. The van der Waals surface area contributed by atoms with Gasteiger partial charge in [0.05, 0.1) is 24.7 Å². The van der Waals surface area contributed by atoms with Crippen molar-refractivity contribution >= 4 is 5.97 Å². The third-order valence-electron chi connectivity index (χ3n) is 4.51. The molecule has 0 aromatic heterocycles. The lowest BCUT2D eigenvalue weighted by Crippen LogP contribution is -2.18. The molecule has 0 saturated heterocycles. The van der Waals surface area contributed by atoms with Gasteiger partial charge in [0.25, 0.3) is 0 Å². The van der Waals surface area contributed by atoms with E-state index >= 15 is 0 Å². The zero-order chi connectivity index (χ0) is 21.6. The summed E-state index contributed by atoms with van der Waals surface area (Å²) in [5.41, 5.74) is 1.29. The minimum absolute atomic E-state index is 0.269. The van der Waals surface area contributed by atoms with E-state index in [-0.39, 0.29) is 18.5 Å². The molecule has 1 unspecified atom stereocenters. The van der Waals surface area contributed by atoms with Crippen LogP contribution < -0.4 is 4.74 Å². The molecule has 0 radical (unpaired) electrons. The van der Waals surface area contributed by atoms with E-state index in [1.165, 1.54) is 12.1 Å². The van der Waals surface area contributed by atoms with Gasteiger partial charge in [-0.15, -0.1) is 0 Å². The Balaban J connectivity index is 2.51. The zero-order valence-electron chi connectivity index (χ0n) is 17.2. The van der Waals surface area contributed by atoms with Gasteiger partial charge in [-0.3, -0.25) is 4.79 Å². The van der Waals surface area contributed by atoms with Crippen molar-refractivity contribution in [3.8, 4) is 16.9 Å². The lowest BCUT2D eigenvalue weighted by Gasteiger charge is -2.20. The molecule has 0 amide bonds. The van der Waals surface area contributed by atoms with Gasteiger partial charge in [-0.2, -0.15) is 13.2 Å². The number of halogens is 3. The summed E-state index contributed by atoms with van der Waals surface area (Å²) >= 11 is 0. The Morgan fingerprint density at radius 3 is 2.17 bits per heavy atom. The van der Waals surface area contributed by atoms with Crippen LogP contribution in [0.1, 0.15) is 51.2 Å². The van der Waals surface area contributed by atoms with Crippen LogP contribution >= 0.6 is 0 Å². The molecule has 2 rings (SSSR count). The molecule has 158 valence electrons. The minimum Gasteiger partial charge on any atom is -0.493 e. The van der Waals surface area contributed by atoms with Crippen LogP contribution in [0, 0.1) is 5.92 Å². The molecular weight excluding hydrogens is 381 g/mol. The Morgan fingerprint density at radius 1 is 1.00 bits per heavy atom. The maximum absolute atomic E-state index is 12.9. The van der Waals surface area contributed by atoms with Gasteiger partial charge in [0, 0.05) is 5.56 Å². The molecule has 3 nitrogen and oxygen atoms in total. The first kappa shape index (κ1) is 22.8. The number of rotatable bonds is 8. The molecule has 29 heavy (non-hydrogen) atoms. The van der Waals surface area contributed by atoms with Crippen molar-refractivity contribution in [2.75, 3.05) is 13.2 Å². The van der Waals surface area contributed by atoms with E-state index in [4.69, 9.17) is 9.47 Å². The van der Waals surface area contributed by atoms with Gasteiger partial charge >= 0.3 is 12.1 Å². The molecule has 6 heteroatoms. The van der Waals surface area contributed by atoms with Crippen molar-refractivity contribution in [1.29, 1.82) is 0 Å². The van der Waals surface area contributed by atoms with Gasteiger partial charge in [-0.1, -0.05) is 32.0 Å². The maximum Gasteiger partial charge on any atom is 0.416 e. The number of alkyl halides is 3. The molecule has 0 heterocycles. The molecule has 0 saturated carbocycles. The van der Waals surface area contributed by atoms with Gasteiger partial charge in [-0.25, -0.2) is 0 Å². The van der Waals surface area contributed by atoms with Crippen LogP contribution in [-0.4, -0.2) is 19.2 Å². The van der Waals surface area contributed by atoms with E-state index in [0.717, 1.165) is 17.7 Å². The first-order valence-corrected chi connectivity index (χ1v) is 9.78. The zero-order valence-corrected chi connectivity index (χ0v) is 17.2. The smallest absolute Gasteiger partial charge is 0.416 e. The topological polar surface area (TPSA) is 35.5 Å². The summed E-state index contributed by atoms with van der Waals surface area (Å²) < 4.78 is 49.6. The maximum atomic E-state index is 12.9. The van der Waals surface area contributed by atoms with Crippen molar-refractivity contribution in [3.63, 3.8) is 0 Å². The number of carbonyl (C=O) groups is 1. The summed E-state index contributed by atoms with van der Waals surface area (Å²) in [6, 6.07) is 10.3.